The van der Waals surface area contributed by atoms with E-state index >= 15 is 0 Å². The molecule has 118 valence electrons. The zero-order valence-corrected chi connectivity index (χ0v) is 14.1. The van der Waals surface area contributed by atoms with Gasteiger partial charge in [-0.25, -0.2) is 0 Å². The molecule has 4 nitrogen and oxygen atoms in total. The first-order valence-corrected chi connectivity index (χ1v) is 7.90. The fourth-order valence-corrected chi connectivity index (χ4v) is 3.85. The lowest BCUT2D eigenvalue weighted by Crippen LogP contribution is -2.50. The zero-order chi connectivity index (χ0) is 16.3. The van der Waals surface area contributed by atoms with Gasteiger partial charge in [-0.15, -0.1) is 0 Å². The van der Waals surface area contributed by atoms with E-state index in [1.54, 1.807) is 18.2 Å². The van der Waals surface area contributed by atoms with Crippen LogP contribution in [0.4, 0.5) is 5.69 Å². The van der Waals surface area contributed by atoms with E-state index in [-0.39, 0.29) is 11.9 Å². The minimum atomic E-state index is -1.13. The standard InChI is InChI=1S/C16H17Cl2NO3/c1-14(2)15(3)6-7-16(14,22-13(15)21)12(20)19-9-4-5-10(17)11(18)8-9/h4-5,8H,6-7H2,1-3H3,(H,19,20)/t15-,16+/m0/s1. The van der Waals surface area contributed by atoms with Crippen LogP contribution in [0.2, 0.25) is 10.0 Å². The first-order chi connectivity index (χ1) is 10.1. The van der Waals surface area contributed by atoms with Crippen LogP contribution in [0.1, 0.15) is 33.6 Å². The quantitative estimate of drug-likeness (QED) is 0.825. The number of benzene rings is 1. The Kier molecular flexibility index (Phi) is 3.28. The summed E-state index contributed by atoms with van der Waals surface area (Å²) in [6, 6.07) is 4.86. The highest BCUT2D eigenvalue weighted by atomic mass is 35.5. The van der Waals surface area contributed by atoms with Crippen LogP contribution >= 0.6 is 23.2 Å². The minimum absolute atomic E-state index is 0.298. The van der Waals surface area contributed by atoms with Crippen molar-refractivity contribution < 1.29 is 14.3 Å². The maximum Gasteiger partial charge on any atom is 0.313 e. The number of amides is 1. The fraction of sp³-hybridized carbons (Fsp3) is 0.500. The van der Waals surface area contributed by atoms with Crippen LogP contribution in [-0.2, 0) is 14.3 Å². The number of anilines is 1. The van der Waals surface area contributed by atoms with Gasteiger partial charge in [-0.2, -0.15) is 0 Å². The molecule has 1 N–H and O–H groups in total. The predicted molar refractivity (Wildman–Crippen MR) is 85.0 cm³/mol. The summed E-state index contributed by atoms with van der Waals surface area (Å²) in [6.45, 7) is 5.70. The maximum absolute atomic E-state index is 12.8. The molecule has 2 aliphatic rings. The molecule has 2 atom stereocenters. The fourth-order valence-electron chi connectivity index (χ4n) is 3.55. The summed E-state index contributed by atoms with van der Waals surface area (Å²) in [6.07, 6.45) is 1.17. The number of carbonyl (C=O) groups is 2. The Morgan fingerprint density at radius 2 is 1.86 bits per heavy atom. The molecule has 2 bridgehead atoms. The number of rotatable bonds is 2. The topological polar surface area (TPSA) is 55.4 Å². The number of nitrogens with one attached hydrogen (secondary N) is 1. The molecule has 6 heteroatoms. The van der Waals surface area contributed by atoms with Crippen molar-refractivity contribution in [2.24, 2.45) is 10.8 Å². The molecule has 3 rings (SSSR count). The number of hydrogen-bond donors (Lipinski definition) is 1. The molecule has 1 saturated heterocycles. The molecule has 1 aliphatic carbocycles. The van der Waals surface area contributed by atoms with Crippen molar-refractivity contribution in [1.29, 1.82) is 0 Å². The monoisotopic (exact) mass is 341 g/mol. The molecule has 1 heterocycles. The average Bonchev–Trinajstić information content (AvgIpc) is 2.73. The van der Waals surface area contributed by atoms with Gasteiger partial charge in [-0.1, -0.05) is 37.0 Å². The number of carbonyl (C=O) groups excluding carboxylic acids is 2. The highest BCUT2D eigenvalue weighted by Gasteiger charge is 2.75. The largest absolute Gasteiger partial charge is 0.448 e. The summed E-state index contributed by atoms with van der Waals surface area (Å²) in [4.78, 5) is 25.0. The second kappa shape index (κ2) is 4.62. The van der Waals surface area contributed by atoms with E-state index in [2.05, 4.69) is 5.32 Å². The highest BCUT2D eigenvalue weighted by Crippen LogP contribution is 2.65. The second-order valence-electron chi connectivity index (χ2n) is 6.76. The first kappa shape index (κ1) is 15.6. The number of fused-ring (bicyclic) bond motifs is 2. The molecular weight excluding hydrogens is 325 g/mol. The molecule has 0 unspecified atom stereocenters. The van der Waals surface area contributed by atoms with Crippen LogP contribution in [0.5, 0.6) is 0 Å². The molecule has 0 aromatic heterocycles. The minimum Gasteiger partial charge on any atom is -0.448 e. The zero-order valence-electron chi connectivity index (χ0n) is 12.6. The summed E-state index contributed by atoms with van der Waals surface area (Å²) in [5.74, 6) is -0.612. The molecule has 1 amide bonds. The summed E-state index contributed by atoms with van der Waals surface area (Å²) >= 11 is 11.8. The van der Waals surface area contributed by atoms with Gasteiger partial charge in [0.25, 0.3) is 5.91 Å². The summed E-state index contributed by atoms with van der Waals surface area (Å²) in [7, 11) is 0. The summed E-state index contributed by atoms with van der Waals surface area (Å²) < 4.78 is 5.54. The van der Waals surface area contributed by atoms with Gasteiger partial charge < -0.3 is 10.1 Å². The van der Waals surface area contributed by atoms with E-state index in [9.17, 15) is 9.59 Å². The Morgan fingerprint density at radius 1 is 1.18 bits per heavy atom. The van der Waals surface area contributed by atoms with E-state index < -0.39 is 16.4 Å². The third-order valence-corrected chi connectivity index (χ3v) is 6.37. The molecule has 1 aromatic carbocycles. The van der Waals surface area contributed by atoms with E-state index in [1.165, 1.54) is 0 Å². The van der Waals surface area contributed by atoms with Gasteiger partial charge in [0, 0.05) is 11.1 Å². The molecule has 1 aliphatic heterocycles. The Balaban J connectivity index is 1.92. The Labute approximate surface area is 139 Å². The van der Waals surface area contributed by atoms with Crippen molar-refractivity contribution in [3.8, 4) is 0 Å². The van der Waals surface area contributed by atoms with Crippen molar-refractivity contribution in [2.75, 3.05) is 5.32 Å². The van der Waals surface area contributed by atoms with Gasteiger partial charge in [-0.3, -0.25) is 9.59 Å². The smallest absolute Gasteiger partial charge is 0.313 e. The third kappa shape index (κ3) is 1.77. The number of hydrogen-bond acceptors (Lipinski definition) is 3. The van der Waals surface area contributed by atoms with Gasteiger partial charge in [-0.05, 0) is 38.0 Å². The van der Waals surface area contributed by atoms with Gasteiger partial charge in [0.1, 0.15) is 0 Å². The Bertz CT molecular complexity index is 688. The Morgan fingerprint density at radius 3 is 2.36 bits per heavy atom. The lowest BCUT2D eigenvalue weighted by molar-refractivity contribution is -0.165. The highest BCUT2D eigenvalue weighted by molar-refractivity contribution is 6.42. The van der Waals surface area contributed by atoms with Gasteiger partial charge in [0.15, 0.2) is 5.60 Å². The number of ether oxygens (including phenoxy) is 1. The predicted octanol–water partition coefficient (Wildman–Crippen LogP) is 4.05. The van der Waals surface area contributed by atoms with Crippen molar-refractivity contribution >= 4 is 40.8 Å². The first-order valence-electron chi connectivity index (χ1n) is 7.14. The molecule has 22 heavy (non-hydrogen) atoms. The average molecular weight is 342 g/mol. The van der Waals surface area contributed by atoms with Crippen LogP contribution in [-0.4, -0.2) is 17.5 Å². The van der Waals surface area contributed by atoms with Crippen molar-refractivity contribution in [3.05, 3.63) is 28.2 Å². The van der Waals surface area contributed by atoms with Crippen molar-refractivity contribution in [1.82, 2.24) is 0 Å². The third-order valence-electron chi connectivity index (χ3n) is 5.63. The lowest BCUT2D eigenvalue weighted by Gasteiger charge is -2.35. The van der Waals surface area contributed by atoms with Crippen LogP contribution < -0.4 is 5.32 Å². The van der Waals surface area contributed by atoms with Crippen LogP contribution in [0.3, 0.4) is 0 Å². The maximum atomic E-state index is 12.8. The molecule has 2 fully saturated rings. The second-order valence-corrected chi connectivity index (χ2v) is 7.57. The molecular formula is C16H17Cl2NO3. The lowest BCUT2D eigenvalue weighted by atomic mass is 9.66. The molecule has 1 saturated carbocycles. The van der Waals surface area contributed by atoms with E-state index in [0.717, 1.165) is 0 Å². The molecule has 1 aromatic rings. The SMILES string of the molecule is CC1(C)[C@@]2(C)CC[C@]1(C(=O)Nc1ccc(Cl)c(Cl)c1)OC2=O. The Hall–Kier alpha value is -1.26. The van der Waals surface area contributed by atoms with Crippen molar-refractivity contribution in [2.45, 2.75) is 39.2 Å². The van der Waals surface area contributed by atoms with E-state index in [1.807, 2.05) is 20.8 Å². The van der Waals surface area contributed by atoms with Crippen LogP contribution in [0, 0.1) is 10.8 Å². The summed E-state index contributed by atoms with van der Waals surface area (Å²) in [5, 5.41) is 3.58. The number of esters is 1. The van der Waals surface area contributed by atoms with Crippen molar-refractivity contribution in [3.63, 3.8) is 0 Å². The van der Waals surface area contributed by atoms with Gasteiger partial charge in [0.2, 0.25) is 0 Å². The van der Waals surface area contributed by atoms with Crippen LogP contribution in [0.15, 0.2) is 18.2 Å². The van der Waals surface area contributed by atoms with E-state index in [4.69, 9.17) is 27.9 Å². The molecule has 0 spiro atoms. The van der Waals surface area contributed by atoms with Gasteiger partial charge in [0.05, 0.1) is 15.5 Å². The normalized spacial score (nSPS) is 32.0. The molecule has 0 radical (unpaired) electrons. The van der Waals surface area contributed by atoms with Gasteiger partial charge >= 0.3 is 5.97 Å². The summed E-state index contributed by atoms with van der Waals surface area (Å²) in [5.41, 5.74) is -1.80. The number of halogens is 2. The van der Waals surface area contributed by atoms with Crippen LogP contribution in [0.25, 0.3) is 0 Å². The van der Waals surface area contributed by atoms with E-state index in [0.29, 0.717) is 28.6 Å².